The zero-order chi connectivity index (χ0) is 15.4. The van der Waals surface area contributed by atoms with Crippen molar-refractivity contribution in [1.29, 1.82) is 0 Å². The molecule has 0 aromatic heterocycles. The van der Waals surface area contributed by atoms with Gasteiger partial charge in [-0.15, -0.1) is 0 Å². The van der Waals surface area contributed by atoms with Crippen LogP contribution in [0.2, 0.25) is 0 Å². The number of rotatable bonds is 4. The third-order valence-corrected chi connectivity index (χ3v) is 5.48. The highest BCUT2D eigenvalue weighted by Gasteiger charge is 2.34. The Labute approximate surface area is 133 Å². The maximum atomic E-state index is 12.7. The molecule has 120 valence electrons. The average Bonchev–Trinajstić information content (AvgIpc) is 3.04. The molecule has 1 amide bonds. The SMILES string of the molecule is Nc1ccccc1CCC(=O)N1CCCC1C1CCCCC1. The molecular formula is C19H28N2O. The first-order chi connectivity index (χ1) is 10.8. The van der Waals surface area contributed by atoms with E-state index in [0.717, 1.165) is 30.1 Å². The van der Waals surface area contributed by atoms with Gasteiger partial charge in [-0.05, 0) is 49.7 Å². The first-order valence-electron chi connectivity index (χ1n) is 8.88. The van der Waals surface area contributed by atoms with E-state index in [9.17, 15) is 4.79 Å². The topological polar surface area (TPSA) is 46.3 Å². The number of amides is 1. The summed E-state index contributed by atoms with van der Waals surface area (Å²) >= 11 is 0. The van der Waals surface area contributed by atoms with Gasteiger partial charge in [-0.25, -0.2) is 0 Å². The highest BCUT2D eigenvalue weighted by Crippen LogP contribution is 2.34. The summed E-state index contributed by atoms with van der Waals surface area (Å²) in [5.74, 6) is 1.08. The van der Waals surface area contributed by atoms with Crippen molar-refractivity contribution in [3.8, 4) is 0 Å². The van der Waals surface area contributed by atoms with Gasteiger partial charge < -0.3 is 10.6 Å². The summed E-state index contributed by atoms with van der Waals surface area (Å²) in [6, 6.07) is 8.41. The van der Waals surface area contributed by atoms with Crippen LogP contribution in [0.4, 0.5) is 5.69 Å². The molecule has 1 aliphatic heterocycles. The number of hydrogen-bond donors (Lipinski definition) is 1. The lowest BCUT2D eigenvalue weighted by atomic mass is 9.83. The van der Waals surface area contributed by atoms with E-state index in [2.05, 4.69) is 4.90 Å². The molecule has 1 saturated heterocycles. The number of aryl methyl sites for hydroxylation is 1. The van der Waals surface area contributed by atoms with E-state index < -0.39 is 0 Å². The molecule has 0 radical (unpaired) electrons. The Hall–Kier alpha value is -1.51. The normalized spacial score (nSPS) is 22.9. The van der Waals surface area contributed by atoms with E-state index in [0.29, 0.717) is 18.4 Å². The molecule has 3 rings (SSSR count). The second-order valence-corrected chi connectivity index (χ2v) is 6.89. The fourth-order valence-electron chi connectivity index (χ4n) is 4.26. The predicted octanol–water partition coefficient (Wildman–Crippen LogP) is 3.77. The van der Waals surface area contributed by atoms with Crippen molar-refractivity contribution in [1.82, 2.24) is 4.90 Å². The maximum Gasteiger partial charge on any atom is 0.223 e. The molecule has 2 N–H and O–H groups in total. The van der Waals surface area contributed by atoms with Crippen molar-refractivity contribution in [3.05, 3.63) is 29.8 Å². The minimum Gasteiger partial charge on any atom is -0.399 e. The number of benzene rings is 1. The number of carbonyl (C=O) groups is 1. The zero-order valence-corrected chi connectivity index (χ0v) is 13.5. The maximum absolute atomic E-state index is 12.7. The van der Waals surface area contributed by atoms with Crippen molar-refractivity contribution < 1.29 is 4.79 Å². The van der Waals surface area contributed by atoms with Gasteiger partial charge in [0.15, 0.2) is 0 Å². The van der Waals surface area contributed by atoms with Gasteiger partial charge >= 0.3 is 0 Å². The van der Waals surface area contributed by atoms with Gasteiger partial charge in [0.2, 0.25) is 5.91 Å². The van der Waals surface area contributed by atoms with E-state index in [-0.39, 0.29) is 0 Å². The summed E-state index contributed by atoms with van der Waals surface area (Å²) in [6.07, 6.45) is 10.5. The largest absolute Gasteiger partial charge is 0.399 e. The van der Waals surface area contributed by atoms with Crippen LogP contribution in [-0.2, 0) is 11.2 Å². The number of nitrogens with zero attached hydrogens (tertiary/aromatic N) is 1. The molecule has 0 spiro atoms. The highest BCUT2D eigenvalue weighted by molar-refractivity contribution is 5.77. The van der Waals surface area contributed by atoms with Crippen LogP contribution in [0.25, 0.3) is 0 Å². The molecule has 3 heteroatoms. The molecule has 3 nitrogen and oxygen atoms in total. The summed E-state index contributed by atoms with van der Waals surface area (Å²) in [4.78, 5) is 14.9. The summed E-state index contributed by atoms with van der Waals surface area (Å²) in [5, 5.41) is 0. The van der Waals surface area contributed by atoms with Crippen molar-refractivity contribution in [3.63, 3.8) is 0 Å². The van der Waals surface area contributed by atoms with Crippen LogP contribution in [-0.4, -0.2) is 23.4 Å². The number of likely N-dealkylation sites (tertiary alicyclic amines) is 1. The van der Waals surface area contributed by atoms with Gasteiger partial charge in [0.05, 0.1) is 0 Å². The number of anilines is 1. The number of nitrogen functional groups attached to an aromatic ring is 1. The second kappa shape index (κ2) is 7.17. The summed E-state index contributed by atoms with van der Waals surface area (Å²) in [7, 11) is 0. The molecule has 1 saturated carbocycles. The Morgan fingerprint density at radius 1 is 1.09 bits per heavy atom. The predicted molar refractivity (Wildman–Crippen MR) is 90.5 cm³/mol. The molecule has 1 atom stereocenters. The highest BCUT2D eigenvalue weighted by atomic mass is 16.2. The standard InChI is InChI=1S/C19H28N2O/c20-17-10-5-4-7-15(17)12-13-19(22)21-14-6-11-18(21)16-8-2-1-3-9-16/h4-5,7,10,16,18H,1-3,6,8-9,11-14,20H2. The van der Waals surface area contributed by atoms with Crippen LogP contribution in [0.5, 0.6) is 0 Å². The van der Waals surface area contributed by atoms with E-state index in [1.165, 1.54) is 44.9 Å². The van der Waals surface area contributed by atoms with Crippen LogP contribution in [0.3, 0.4) is 0 Å². The Bertz CT molecular complexity index is 508. The van der Waals surface area contributed by atoms with Crippen LogP contribution in [0.15, 0.2) is 24.3 Å². The van der Waals surface area contributed by atoms with Crippen molar-refractivity contribution in [2.75, 3.05) is 12.3 Å². The van der Waals surface area contributed by atoms with Crippen molar-refractivity contribution in [2.45, 2.75) is 63.8 Å². The third kappa shape index (κ3) is 3.45. The van der Waals surface area contributed by atoms with Crippen LogP contribution in [0.1, 0.15) is 56.9 Å². The lowest BCUT2D eigenvalue weighted by molar-refractivity contribution is -0.133. The van der Waals surface area contributed by atoms with E-state index in [4.69, 9.17) is 5.73 Å². The smallest absolute Gasteiger partial charge is 0.223 e. The molecule has 0 bridgehead atoms. The first-order valence-corrected chi connectivity index (χ1v) is 8.88. The molecule has 1 unspecified atom stereocenters. The first kappa shape index (κ1) is 15.4. The number of hydrogen-bond acceptors (Lipinski definition) is 2. The molecule has 22 heavy (non-hydrogen) atoms. The third-order valence-electron chi connectivity index (χ3n) is 5.48. The fraction of sp³-hybridized carbons (Fsp3) is 0.632. The zero-order valence-electron chi connectivity index (χ0n) is 13.5. The minimum atomic E-state index is 0.330. The van der Waals surface area contributed by atoms with Crippen LogP contribution < -0.4 is 5.73 Å². The van der Waals surface area contributed by atoms with Gasteiger partial charge in [0.1, 0.15) is 0 Å². The lowest BCUT2D eigenvalue weighted by Gasteiger charge is -2.34. The summed E-state index contributed by atoms with van der Waals surface area (Å²) in [5.41, 5.74) is 7.89. The molecule has 2 aliphatic rings. The monoisotopic (exact) mass is 300 g/mol. The van der Waals surface area contributed by atoms with Crippen LogP contribution in [0, 0.1) is 5.92 Å². The van der Waals surface area contributed by atoms with E-state index in [1.54, 1.807) is 0 Å². The molecule has 1 aromatic rings. The van der Waals surface area contributed by atoms with Gasteiger partial charge in [-0.3, -0.25) is 4.79 Å². The van der Waals surface area contributed by atoms with E-state index >= 15 is 0 Å². The Kier molecular flexibility index (Phi) is 5.01. The molecule has 1 heterocycles. The summed E-state index contributed by atoms with van der Waals surface area (Å²) in [6.45, 7) is 0.963. The molecule has 1 aliphatic carbocycles. The number of carbonyl (C=O) groups excluding carboxylic acids is 1. The van der Waals surface area contributed by atoms with Crippen molar-refractivity contribution >= 4 is 11.6 Å². The second-order valence-electron chi connectivity index (χ2n) is 6.89. The minimum absolute atomic E-state index is 0.330. The van der Waals surface area contributed by atoms with Crippen molar-refractivity contribution in [2.24, 2.45) is 5.92 Å². The van der Waals surface area contributed by atoms with Crippen LogP contribution >= 0.6 is 0 Å². The van der Waals surface area contributed by atoms with Gasteiger partial charge in [0, 0.05) is 24.7 Å². The number of para-hydroxylation sites is 1. The average molecular weight is 300 g/mol. The molecule has 1 aromatic carbocycles. The fourth-order valence-corrected chi connectivity index (χ4v) is 4.26. The Morgan fingerprint density at radius 3 is 2.64 bits per heavy atom. The molecule has 2 fully saturated rings. The Morgan fingerprint density at radius 2 is 1.86 bits per heavy atom. The Balaban J connectivity index is 1.57. The van der Waals surface area contributed by atoms with Gasteiger partial charge in [-0.2, -0.15) is 0 Å². The van der Waals surface area contributed by atoms with Gasteiger partial charge in [0.25, 0.3) is 0 Å². The van der Waals surface area contributed by atoms with Gasteiger partial charge in [-0.1, -0.05) is 37.5 Å². The van der Waals surface area contributed by atoms with E-state index in [1.807, 2.05) is 24.3 Å². The number of nitrogens with two attached hydrogens (primary N) is 1. The summed E-state index contributed by atoms with van der Waals surface area (Å²) < 4.78 is 0. The molecular weight excluding hydrogens is 272 g/mol. The quantitative estimate of drug-likeness (QED) is 0.860. The lowest BCUT2D eigenvalue weighted by Crippen LogP contribution is -2.40.